The van der Waals surface area contributed by atoms with E-state index in [9.17, 15) is 14.4 Å². The molecule has 0 bridgehead atoms. The highest BCUT2D eigenvalue weighted by Crippen LogP contribution is 2.29. The fraction of sp³-hybridized carbons (Fsp3) is 0.531. The maximum absolute atomic E-state index is 14.4. The van der Waals surface area contributed by atoms with Crippen LogP contribution in [-0.2, 0) is 20.9 Å². The Morgan fingerprint density at radius 2 is 1.51 bits per heavy atom. The number of rotatable bonds is 11. The molecule has 0 aliphatic rings. The number of hydrogen-bond donors (Lipinski definition) is 2. The van der Waals surface area contributed by atoms with E-state index in [0.29, 0.717) is 19.4 Å². The molecule has 0 aliphatic carbocycles. The van der Waals surface area contributed by atoms with Crippen LogP contribution in [0.5, 0.6) is 0 Å². The first-order valence-corrected chi connectivity index (χ1v) is 14.0. The van der Waals surface area contributed by atoms with Crippen LogP contribution in [0.4, 0.5) is 4.79 Å². The van der Waals surface area contributed by atoms with Gasteiger partial charge in [0.15, 0.2) is 0 Å². The van der Waals surface area contributed by atoms with Crippen molar-refractivity contribution in [1.82, 2.24) is 15.5 Å². The summed E-state index contributed by atoms with van der Waals surface area (Å²) in [6.45, 7) is 17.5. The Labute approximate surface area is 234 Å². The molecule has 0 saturated heterocycles. The summed E-state index contributed by atoms with van der Waals surface area (Å²) in [5.74, 6) is -0.745. The van der Waals surface area contributed by atoms with Gasteiger partial charge in [0.2, 0.25) is 11.8 Å². The van der Waals surface area contributed by atoms with Crippen molar-refractivity contribution in [2.24, 2.45) is 5.92 Å². The predicted octanol–water partition coefficient (Wildman–Crippen LogP) is 6.23. The molecule has 2 N–H and O–H groups in total. The predicted molar refractivity (Wildman–Crippen MR) is 156 cm³/mol. The first kappa shape index (κ1) is 31.9. The topological polar surface area (TPSA) is 87.7 Å². The zero-order valence-corrected chi connectivity index (χ0v) is 25.1. The highest BCUT2D eigenvalue weighted by molar-refractivity contribution is 5.92. The van der Waals surface area contributed by atoms with Gasteiger partial charge in [-0.1, -0.05) is 86.8 Å². The summed E-state index contributed by atoms with van der Waals surface area (Å²) in [5, 5.41) is 5.89. The minimum absolute atomic E-state index is 0.177. The molecular weight excluding hydrogens is 490 g/mol. The van der Waals surface area contributed by atoms with E-state index >= 15 is 0 Å². The summed E-state index contributed by atoms with van der Waals surface area (Å²) in [4.78, 5) is 42.8. The van der Waals surface area contributed by atoms with Crippen LogP contribution in [0.3, 0.4) is 0 Å². The molecule has 0 aliphatic heterocycles. The van der Waals surface area contributed by atoms with E-state index in [-0.39, 0.29) is 23.8 Å². The number of benzene rings is 2. The molecule has 214 valence electrons. The lowest BCUT2D eigenvalue weighted by atomic mass is 9.93. The summed E-state index contributed by atoms with van der Waals surface area (Å²) >= 11 is 0. The summed E-state index contributed by atoms with van der Waals surface area (Å²) in [5.41, 5.74) is 3.02. The van der Waals surface area contributed by atoms with E-state index in [1.807, 2.05) is 90.1 Å². The number of carbonyl (C=O) groups excluding carboxylic acids is 3. The van der Waals surface area contributed by atoms with E-state index in [2.05, 4.69) is 10.6 Å². The molecule has 2 rings (SSSR count). The molecule has 0 saturated carbocycles. The highest BCUT2D eigenvalue weighted by Gasteiger charge is 2.40. The number of nitrogens with one attached hydrogen (secondary N) is 2. The molecule has 0 fully saturated rings. The van der Waals surface area contributed by atoms with E-state index in [0.717, 1.165) is 22.3 Å². The molecule has 2 aromatic rings. The number of ether oxygens (including phenoxy) is 1. The van der Waals surface area contributed by atoms with Gasteiger partial charge in [-0.05, 0) is 65.0 Å². The van der Waals surface area contributed by atoms with Crippen LogP contribution in [0.2, 0.25) is 0 Å². The molecular formula is C32H47N3O4. The van der Waals surface area contributed by atoms with Gasteiger partial charge in [0.1, 0.15) is 17.7 Å². The normalized spacial score (nSPS) is 14.5. The van der Waals surface area contributed by atoms with E-state index in [4.69, 9.17) is 4.74 Å². The van der Waals surface area contributed by atoms with E-state index in [1.165, 1.54) is 0 Å². The highest BCUT2D eigenvalue weighted by atomic mass is 16.6. The number of nitrogens with zero attached hydrogens (tertiary/aromatic N) is 1. The Morgan fingerprint density at radius 1 is 0.923 bits per heavy atom. The van der Waals surface area contributed by atoms with Crippen LogP contribution in [0.1, 0.15) is 89.6 Å². The van der Waals surface area contributed by atoms with Crippen LogP contribution in [0.15, 0.2) is 48.5 Å². The minimum atomic E-state index is -0.873. The van der Waals surface area contributed by atoms with Crippen molar-refractivity contribution in [3.63, 3.8) is 0 Å². The van der Waals surface area contributed by atoms with Gasteiger partial charge in [-0.25, -0.2) is 4.79 Å². The largest absolute Gasteiger partial charge is 0.444 e. The second-order valence-electron chi connectivity index (χ2n) is 11.5. The van der Waals surface area contributed by atoms with Gasteiger partial charge in [0.25, 0.3) is 0 Å². The fourth-order valence-corrected chi connectivity index (χ4v) is 4.56. The lowest BCUT2D eigenvalue weighted by Crippen LogP contribution is -2.57. The molecule has 3 amide bonds. The zero-order valence-electron chi connectivity index (χ0n) is 25.1. The summed E-state index contributed by atoms with van der Waals surface area (Å²) in [7, 11) is 0. The molecule has 39 heavy (non-hydrogen) atoms. The molecule has 0 radical (unpaired) electrons. The Balaban J connectivity index is 2.56. The summed E-state index contributed by atoms with van der Waals surface area (Å²) < 4.78 is 5.49. The summed E-state index contributed by atoms with van der Waals surface area (Å²) in [6, 6.07) is 13.7. The standard InChI is InChI=1S/C32H47N3O4/c1-10-23(5)27(34-31(38)39-32(7,8)9)30(37)35(24(6)11-2)28(26-18-21(3)17-22(4)19-26)29(36)33-20-25-15-13-12-14-16-25/h12-19,23-24,27-28H,10-11,20H2,1-9H3,(H,33,36)(H,34,38). The molecule has 2 aromatic carbocycles. The maximum Gasteiger partial charge on any atom is 0.408 e. The van der Waals surface area contributed by atoms with Gasteiger partial charge in [0, 0.05) is 12.6 Å². The quantitative estimate of drug-likeness (QED) is 0.356. The molecule has 4 unspecified atom stereocenters. The first-order valence-electron chi connectivity index (χ1n) is 14.0. The average Bonchev–Trinajstić information content (AvgIpc) is 2.86. The maximum atomic E-state index is 14.4. The van der Waals surface area contributed by atoms with Gasteiger partial charge < -0.3 is 20.3 Å². The smallest absolute Gasteiger partial charge is 0.408 e. The first-order chi connectivity index (χ1) is 18.3. The summed E-state index contributed by atoms with van der Waals surface area (Å²) in [6.07, 6.45) is 0.648. The van der Waals surface area contributed by atoms with Gasteiger partial charge in [-0.2, -0.15) is 0 Å². The van der Waals surface area contributed by atoms with Gasteiger partial charge in [-0.3, -0.25) is 9.59 Å². The minimum Gasteiger partial charge on any atom is -0.444 e. The van der Waals surface area contributed by atoms with Crippen molar-refractivity contribution >= 4 is 17.9 Å². The lowest BCUT2D eigenvalue weighted by molar-refractivity contribution is -0.146. The zero-order chi connectivity index (χ0) is 29.3. The number of hydrogen-bond acceptors (Lipinski definition) is 4. The van der Waals surface area contributed by atoms with Gasteiger partial charge in [0.05, 0.1) is 0 Å². The van der Waals surface area contributed by atoms with Crippen LogP contribution in [-0.4, -0.2) is 40.5 Å². The Kier molecular flexibility index (Phi) is 11.6. The lowest BCUT2D eigenvalue weighted by Gasteiger charge is -2.39. The van der Waals surface area contributed by atoms with Crippen molar-refractivity contribution in [1.29, 1.82) is 0 Å². The molecule has 0 spiro atoms. The molecule has 0 heterocycles. The number of aryl methyl sites for hydroxylation is 2. The fourth-order valence-electron chi connectivity index (χ4n) is 4.56. The van der Waals surface area contributed by atoms with Crippen molar-refractivity contribution in [2.75, 3.05) is 0 Å². The van der Waals surface area contributed by atoms with Crippen LogP contribution >= 0.6 is 0 Å². The molecule has 0 aromatic heterocycles. The third-order valence-corrected chi connectivity index (χ3v) is 6.87. The second kappa shape index (κ2) is 14.2. The van der Waals surface area contributed by atoms with Gasteiger partial charge >= 0.3 is 6.09 Å². The Morgan fingerprint density at radius 3 is 2.03 bits per heavy atom. The number of alkyl carbamates (subject to hydrolysis) is 1. The van der Waals surface area contributed by atoms with E-state index < -0.39 is 23.8 Å². The third kappa shape index (κ3) is 9.41. The van der Waals surface area contributed by atoms with Crippen molar-refractivity contribution in [2.45, 2.75) is 105 Å². The molecule has 7 heteroatoms. The van der Waals surface area contributed by atoms with Crippen LogP contribution in [0, 0.1) is 19.8 Å². The number of carbonyl (C=O) groups is 3. The van der Waals surface area contributed by atoms with Crippen LogP contribution in [0.25, 0.3) is 0 Å². The van der Waals surface area contributed by atoms with Crippen LogP contribution < -0.4 is 10.6 Å². The molecule has 4 atom stereocenters. The second-order valence-corrected chi connectivity index (χ2v) is 11.5. The Bertz CT molecular complexity index is 1090. The Hall–Kier alpha value is -3.35. The molecule has 7 nitrogen and oxygen atoms in total. The average molecular weight is 538 g/mol. The number of amides is 3. The van der Waals surface area contributed by atoms with Crippen molar-refractivity contribution in [3.8, 4) is 0 Å². The third-order valence-electron chi connectivity index (χ3n) is 6.87. The van der Waals surface area contributed by atoms with Gasteiger partial charge in [-0.15, -0.1) is 0 Å². The van der Waals surface area contributed by atoms with Crippen molar-refractivity contribution in [3.05, 3.63) is 70.8 Å². The van der Waals surface area contributed by atoms with E-state index in [1.54, 1.807) is 25.7 Å². The van der Waals surface area contributed by atoms with Crippen molar-refractivity contribution < 1.29 is 19.1 Å². The SMILES string of the molecule is CCC(C)C(NC(=O)OC(C)(C)C)C(=O)N(C(C)CC)C(C(=O)NCc1ccccc1)c1cc(C)cc(C)c1. The monoisotopic (exact) mass is 537 g/mol.